The molecule has 2 fully saturated rings. The van der Waals surface area contributed by atoms with Gasteiger partial charge in [0.05, 0.1) is 5.69 Å². The molecule has 0 bridgehead atoms. The normalized spacial score (nSPS) is 31.6. The molecule has 1 N–H and O–H groups in total. The van der Waals surface area contributed by atoms with Gasteiger partial charge in [-0.2, -0.15) is 0 Å². The molecule has 2 aliphatic carbocycles. The van der Waals surface area contributed by atoms with Crippen molar-refractivity contribution in [1.29, 1.82) is 0 Å². The second-order valence-electron chi connectivity index (χ2n) is 5.84. The third kappa shape index (κ3) is 2.13. The quantitative estimate of drug-likeness (QED) is 0.870. The fourth-order valence-corrected chi connectivity index (χ4v) is 3.36. The molecule has 1 aromatic heterocycles. The Balaban J connectivity index is 1.69. The average Bonchev–Trinajstić information content (AvgIpc) is 2.86. The van der Waals surface area contributed by atoms with E-state index in [1.807, 2.05) is 0 Å². The molecule has 0 radical (unpaired) electrons. The minimum absolute atomic E-state index is 0.501. The molecule has 0 saturated heterocycles. The van der Waals surface area contributed by atoms with Crippen LogP contribution in [0.3, 0.4) is 0 Å². The molecule has 94 valence electrons. The van der Waals surface area contributed by atoms with Crippen molar-refractivity contribution >= 4 is 0 Å². The number of oxazole rings is 1. The zero-order valence-electron chi connectivity index (χ0n) is 10.8. The molecule has 1 heterocycles. The van der Waals surface area contributed by atoms with E-state index in [0.29, 0.717) is 12.0 Å². The zero-order valence-corrected chi connectivity index (χ0v) is 10.8. The minimum Gasteiger partial charge on any atom is -0.448 e. The highest BCUT2D eigenvalue weighted by atomic mass is 16.3. The van der Waals surface area contributed by atoms with E-state index in [0.717, 1.165) is 24.1 Å². The first-order chi connectivity index (χ1) is 8.27. The van der Waals surface area contributed by atoms with Crippen LogP contribution in [0.15, 0.2) is 10.8 Å². The molecule has 3 nitrogen and oxygen atoms in total. The lowest BCUT2D eigenvalue weighted by Crippen LogP contribution is -2.22. The van der Waals surface area contributed by atoms with Gasteiger partial charge in [-0.05, 0) is 24.7 Å². The van der Waals surface area contributed by atoms with E-state index in [9.17, 15) is 0 Å². The molecule has 0 spiro atoms. The van der Waals surface area contributed by atoms with Crippen LogP contribution in [0, 0.1) is 11.8 Å². The third-order valence-corrected chi connectivity index (χ3v) is 4.31. The summed E-state index contributed by atoms with van der Waals surface area (Å²) in [6.45, 7) is 5.17. The van der Waals surface area contributed by atoms with Crippen molar-refractivity contribution in [2.75, 3.05) is 0 Å². The van der Waals surface area contributed by atoms with Crippen LogP contribution in [-0.2, 0) is 6.54 Å². The molecule has 3 rings (SSSR count). The molecule has 3 heteroatoms. The van der Waals surface area contributed by atoms with Gasteiger partial charge in [-0.1, -0.05) is 26.7 Å². The highest BCUT2D eigenvalue weighted by Gasteiger charge is 2.53. The number of hydrogen-bond acceptors (Lipinski definition) is 3. The fraction of sp³-hybridized carbons (Fsp3) is 0.786. The lowest BCUT2D eigenvalue weighted by Gasteiger charge is -2.06. The predicted octanol–water partition coefficient (Wildman–Crippen LogP) is 3.08. The number of nitrogens with zero attached hydrogens (tertiary/aromatic N) is 1. The van der Waals surface area contributed by atoms with Crippen molar-refractivity contribution in [2.45, 2.75) is 58.0 Å². The average molecular weight is 234 g/mol. The van der Waals surface area contributed by atoms with Gasteiger partial charge in [-0.15, -0.1) is 0 Å². The first-order valence-corrected chi connectivity index (χ1v) is 6.93. The second-order valence-corrected chi connectivity index (χ2v) is 5.84. The van der Waals surface area contributed by atoms with Crippen LogP contribution < -0.4 is 5.32 Å². The maximum Gasteiger partial charge on any atom is 0.181 e. The number of fused-ring (bicyclic) bond motifs is 1. The van der Waals surface area contributed by atoms with E-state index in [2.05, 4.69) is 24.1 Å². The van der Waals surface area contributed by atoms with Crippen LogP contribution in [0.4, 0.5) is 0 Å². The van der Waals surface area contributed by atoms with E-state index in [-0.39, 0.29) is 0 Å². The van der Waals surface area contributed by atoms with Crippen LogP contribution >= 0.6 is 0 Å². The molecule has 2 saturated carbocycles. The largest absolute Gasteiger partial charge is 0.448 e. The minimum atomic E-state index is 0.501. The van der Waals surface area contributed by atoms with E-state index in [4.69, 9.17) is 4.42 Å². The van der Waals surface area contributed by atoms with Gasteiger partial charge in [0.1, 0.15) is 5.76 Å². The Kier molecular flexibility index (Phi) is 2.95. The summed E-state index contributed by atoms with van der Waals surface area (Å²) in [4.78, 5) is 4.38. The highest BCUT2D eigenvalue weighted by molar-refractivity contribution is 5.24. The van der Waals surface area contributed by atoms with Crippen molar-refractivity contribution in [2.24, 2.45) is 11.8 Å². The van der Waals surface area contributed by atoms with Crippen LogP contribution in [-0.4, -0.2) is 11.0 Å². The summed E-state index contributed by atoms with van der Waals surface area (Å²) in [5, 5.41) is 3.43. The van der Waals surface area contributed by atoms with Gasteiger partial charge in [0, 0.05) is 18.5 Å². The van der Waals surface area contributed by atoms with E-state index in [1.165, 1.54) is 31.4 Å². The Hall–Kier alpha value is -0.830. The number of rotatable bonds is 4. The monoisotopic (exact) mass is 234 g/mol. The SMILES string of the molecule is CC(C)NCc1ncoc1C1C2CCCCC21. The van der Waals surface area contributed by atoms with Gasteiger partial charge in [-0.3, -0.25) is 0 Å². The van der Waals surface area contributed by atoms with Crippen molar-refractivity contribution in [3.05, 3.63) is 17.8 Å². The summed E-state index contributed by atoms with van der Waals surface area (Å²) in [5.41, 5.74) is 1.14. The van der Waals surface area contributed by atoms with Crippen molar-refractivity contribution in [1.82, 2.24) is 10.3 Å². The number of aromatic nitrogens is 1. The summed E-state index contributed by atoms with van der Waals surface area (Å²) in [7, 11) is 0. The molecule has 0 aromatic carbocycles. The standard InChI is InChI=1S/C14H22N2O/c1-9(2)15-7-12-14(17-8-16-12)13-10-5-3-4-6-11(10)13/h8-11,13,15H,3-7H2,1-2H3. The van der Waals surface area contributed by atoms with Gasteiger partial charge >= 0.3 is 0 Å². The molecule has 0 aliphatic heterocycles. The summed E-state index contributed by atoms with van der Waals surface area (Å²) in [5.74, 6) is 3.66. The maximum absolute atomic E-state index is 5.66. The van der Waals surface area contributed by atoms with Gasteiger partial charge in [-0.25, -0.2) is 4.98 Å². The smallest absolute Gasteiger partial charge is 0.181 e. The molecule has 2 atom stereocenters. The Morgan fingerprint density at radius 2 is 2.06 bits per heavy atom. The van der Waals surface area contributed by atoms with Crippen LogP contribution in [0.25, 0.3) is 0 Å². The summed E-state index contributed by atoms with van der Waals surface area (Å²) >= 11 is 0. The van der Waals surface area contributed by atoms with E-state index in [1.54, 1.807) is 6.39 Å². The molecular weight excluding hydrogens is 212 g/mol. The van der Waals surface area contributed by atoms with Crippen LogP contribution in [0.1, 0.15) is 56.9 Å². The van der Waals surface area contributed by atoms with Crippen molar-refractivity contribution < 1.29 is 4.42 Å². The Morgan fingerprint density at radius 3 is 2.71 bits per heavy atom. The van der Waals surface area contributed by atoms with Crippen LogP contribution in [0.5, 0.6) is 0 Å². The number of hydrogen-bond donors (Lipinski definition) is 1. The maximum atomic E-state index is 5.66. The topological polar surface area (TPSA) is 38.1 Å². The molecule has 0 amide bonds. The van der Waals surface area contributed by atoms with Gasteiger partial charge < -0.3 is 9.73 Å². The first kappa shape index (κ1) is 11.3. The van der Waals surface area contributed by atoms with E-state index >= 15 is 0 Å². The molecule has 2 aliphatic rings. The highest BCUT2D eigenvalue weighted by Crippen LogP contribution is 2.61. The number of nitrogens with one attached hydrogen (secondary N) is 1. The van der Waals surface area contributed by atoms with Gasteiger partial charge in [0.25, 0.3) is 0 Å². The lowest BCUT2D eigenvalue weighted by molar-refractivity contribution is 0.480. The summed E-state index contributed by atoms with van der Waals surface area (Å²) < 4.78 is 5.66. The van der Waals surface area contributed by atoms with Gasteiger partial charge in [0.2, 0.25) is 0 Å². The Labute approximate surface area is 103 Å². The molecular formula is C14H22N2O. The van der Waals surface area contributed by atoms with Crippen LogP contribution in [0.2, 0.25) is 0 Å². The predicted molar refractivity (Wildman–Crippen MR) is 66.7 cm³/mol. The fourth-order valence-electron chi connectivity index (χ4n) is 3.36. The molecule has 17 heavy (non-hydrogen) atoms. The van der Waals surface area contributed by atoms with Crippen molar-refractivity contribution in [3.8, 4) is 0 Å². The zero-order chi connectivity index (χ0) is 11.8. The second kappa shape index (κ2) is 4.45. The molecule has 2 unspecified atom stereocenters. The Morgan fingerprint density at radius 1 is 1.35 bits per heavy atom. The lowest BCUT2D eigenvalue weighted by atomic mass is 10.0. The van der Waals surface area contributed by atoms with Crippen molar-refractivity contribution in [3.63, 3.8) is 0 Å². The summed E-state index contributed by atoms with van der Waals surface area (Å²) in [6, 6.07) is 0.501. The van der Waals surface area contributed by atoms with E-state index < -0.39 is 0 Å². The third-order valence-electron chi connectivity index (χ3n) is 4.31. The summed E-state index contributed by atoms with van der Waals surface area (Å²) in [6.07, 6.45) is 7.23. The molecule has 1 aromatic rings. The first-order valence-electron chi connectivity index (χ1n) is 6.93. The van der Waals surface area contributed by atoms with Gasteiger partial charge in [0.15, 0.2) is 6.39 Å². The Bertz CT molecular complexity index is 373.